The fourth-order valence-electron chi connectivity index (χ4n) is 7.88. The number of benzene rings is 10. The molecule has 0 aliphatic heterocycles. The van der Waals surface area contributed by atoms with Crippen molar-refractivity contribution in [3.05, 3.63) is 204 Å². The molecule has 10 aromatic carbocycles. The van der Waals surface area contributed by atoms with Gasteiger partial charge in [0.05, 0.1) is 0 Å². The molecule has 0 heterocycles. The maximum absolute atomic E-state index is 14.1. The third kappa shape index (κ3) is 6.72. The Kier molecular flexibility index (Phi) is 8.27. The Balaban J connectivity index is 0.977. The van der Waals surface area contributed by atoms with Crippen molar-refractivity contribution in [2.75, 3.05) is 10.6 Å². The van der Waals surface area contributed by atoms with Gasteiger partial charge in [0.1, 0.15) is 0 Å². The lowest BCUT2D eigenvalue weighted by Crippen LogP contribution is -2.18. The molecule has 5 heteroatoms. The quantitative estimate of drug-likeness (QED) is 0.126. The average Bonchev–Trinajstić information content (AvgIpc) is 3.24. The molecule has 0 bridgehead atoms. The summed E-state index contributed by atoms with van der Waals surface area (Å²) in [6.07, 6.45) is 0.103. The van der Waals surface area contributed by atoms with Crippen LogP contribution < -0.4 is 10.6 Å². The summed E-state index contributed by atoms with van der Waals surface area (Å²) in [4.78, 5) is 42.0. The zero-order valence-electron chi connectivity index (χ0n) is 30.8. The molecule has 0 aliphatic rings. The van der Waals surface area contributed by atoms with E-state index in [1.165, 1.54) is 0 Å². The molecule has 0 atom stereocenters. The van der Waals surface area contributed by atoms with Crippen LogP contribution in [0, 0.1) is 0 Å². The highest BCUT2D eigenvalue weighted by atomic mass is 16.2. The molecule has 2 amide bonds. The Bertz CT molecular complexity index is 2930. The van der Waals surface area contributed by atoms with Crippen LogP contribution in [0.4, 0.5) is 11.4 Å². The SMILES string of the molecule is O=C(Cc1ccc2cc3ccccc3cc2c1)c1cc(C(=O)Nc2ccc3cc4ccccc4cc3c2)cc(C(=O)Nc2ccc3cc4ccccc4cc3c2)c1. The second-order valence-electron chi connectivity index (χ2n) is 14.7. The van der Waals surface area contributed by atoms with Crippen molar-refractivity contribution in [1.82, 2.24) is 0 Å². The van der Waals surface area contributed by atoms with E-state index in [9.17, 15) is 14.4 Å². The van der Waals surface area contributed by atoms with Gasteiger partial charge >= 0.3 is 0 Å². The Morgan fingerprint density at radius 2 is 0.649 bits per heavy atom. The number of amides is 2. The number of carbonyl (C=O) groups excluding carboxylic acids is 3. The number of nitrogens with one attached hydrogen (secondary N) is 2. The number of ketones is 1. The van der Waals surface area contributed by atoms with Crippen molar-refractivity contribution < 1.29 is 14.4 Å². The molecule has 0 fully saturated rings. The number of anilines is 2. The second kappa shape index (κ2) is 13.9. The highest BCUT2D eigenvalue weighted by molar-refractivity contribution is 6.13. The van der Waals surface area contributed by atoms with Gasteiger partial charge in [0.15, 0.2) is 5.78 Å². The maximum Gasteiger partial charge on any atom is 0.255 e. The average molecular weight is 735 g/mol. The van der Waals surface area contributed by atoms with Crippen molar-refractivity contribution >= 4 is 93.6 Å². The zero-order valence-corrected chi connectivity index (χ0v) is 30.8. The number of rotatable bonds is 7. The standard InChI is InChI=1S/C52H34N2O3/c55-50(20-32-13-14-39-21-33-7-1-4-10-36(33)24-42(39)19-32)45-27-46(51(56)53-48-17-15-40-22-34-8-2-5-11-37(34)25-43(40)30-48)29-47(28-45)52(57)54-49-18-16-41-23-35-9-3-6-12-38(35)26-44(41)31-49/h1-19,21-31H,20H2,(H,53,56)(H,54,57). The molecule has 0 spiro atoms. The second-order valence-corrected chi connectivity index (χ2v) is 14.7. The van der Waals surface area contributed by atoms with Crippen LogP contribution in [0.3, 0.4) is 0 Å². The van der Waals surface area contributed by atoms with Crippen molar-refractivity contribution in [3.8, 4) is 0 Å². The molecule has 10 rings (SSSR count). The van der Waals surface area contributed by atoms with Gasteiger partial charge in [-0.3, -0.25) is 14.4 Å². The molecule has 0 saturated carbocycles. The van der Waals surface area contributed by atoms with E-state index in [4.69, 9.17) is 0 Å². The molecule has 57 heavy (non-hydrogen) atoms. The lowest BCUT2D eigenvalue weighted by molar-refractivity contribution is 0.0993. The normalized spacial score (nSPS) is 11.4. The van der Waals surface area contributed by atoms with E-state index in [1.54, 1.807) is 18.2 Å². The number of carbonyl (C=O) groups is 3. The largest absolute Gasteiger partial charge is 0.322 e. The van der Waals surface area contributed by atoms with Crippen LogP contribution in [0.5, 0.6) is 0 Å². The third-order valence-corrected chi connectivity index (χ3v) is 10.8. The third-order valence-electron chi connectivity index (χ3n) is 10.8. The van der Waals surface area contributed by atoms with Crippen molar-refractivity contribution in [1.29, 1.82) is 0 Å². The molecule has 0 saturated heterocycles. The number of hydrogen-bond donors (Lipinski definition) is 2. The van der Waals surface area contributed by atoms with E-state index in [0.717, 1.165) is 70.2 Å². The van der Waals surface area contributed by atoms with Gasteiger partial charge in [-0.25, -0.2) is 0 Å². The van der Waals surface area contributed by atoms with E-state index in [-0.39, 0.29) is 28.9 Å². The van der Waals surface area contributed by atoms with Crippen LogP contribution in [0.25, 0.3) is 64.6 Å². The molecule has 0 aromatic heterocycles. The molecule has 270 valence electrons. The lowest BCUT2D eigenvalue weighted by Gasteiger charge is -2.12. The molecule has 2 N–H and O–H groups in total. The van der Waals surface area contributed by atoms with Gasteiger partial charge < -0.3 is 10.6 Å². The number of fused-ring (bicyclic) bond motifs is 6. The molecular weight excluding hydrogens is 701 g/mol. The molecular formula is C52H34N2O3. The monoisotopic (exact) mass is 734 g/mol. The molecule has 10 aromatic rings. The van der Waals surface area contributed by atoms with Crippen molar-refractivity contribution in [2.45, 2.75) is 6.42 Å². The van der Waals surface area contributed by atoms with Crippen LogP contribution in [0.15, 0.2) is 182 Å². The molecule has 0 aliphatic carbocycles. The van der Waals surface area contributed by atoms with Gasteiger partial charge in [0.2, 0.25) is 0 Å². The smallest absolute Gasteiger partial charge is 0.255 e. The molecule has 5 nitrogen and oxygen atoms in total. The molecule has 0 unspecified atom stereocenters. The first-order valence-corrected chi connectivity index (χ1v) is 19.0. The zero-order chi connectivity index (χ0) is 38.5. The summed E-state index contributed by atoms with van der Waals surface area (Å²) >= 11 is 0. The summed E-state index contributed by atoms with van der Waals surface area (Å²) < 4.78 is 0. The van der Waals surface area contributed by atoms with E-state index < -0.39 is 11.8 Å². The van der Waals surface area contributed by atoms with Crippen LogP contribution >= 0.6 is 0 Å². The summed E-state index contributed by atoms with van der Waals surface area (Å²) in [6.45, 7) is 0. The van der Waals surface area contributed by atoms with Gasteiger partial charge in [-0.1, -0.05) is 103 Å². The maximum atomic E-state index is 14.1. The van der Waals surface area contributed by atoms with Crippen LogP contribution in [0.1, 0.15) is 36.6 Å². The van der Waals surface area contributed by atoms with Crippen LogP contribution in [-0.4, -0.2) is 17.6 Å². The summed E-state index contributed by atoms with van der Waals surface area (Å²) in [5.74, 6) is -1.04. The van der Waals surface area contributed by atoms with E-state index >= 15 is 0 Å². The summed E-state index contributed by atoms with van der Waals surface area (Å²) in [5.41, 5.74) is 2.76. The number of hydrogen-bond acceptors (Lipinski definition) is 3. The fourth-order valence-corrected chi connectivity index (χ4v) is 7.88. The topological polar surface area (TPSA) is 75.3 Å². The van der Waals surface area contributed by atoms with E-state index in [0.29, 0.717) is 11.4 Å². The highest BCUT2D eigenvalue weighted by Gasteiger charge is 2.18. The summed E-state index contributed by atoms with van der Waals surface area (Å²) in [7, 11) is 0. The highest BCUT2D eigenvalue weighted by Crippen LogP contribution is 2.29. The summed E-state index contributed by atoms with van der Waals surface area (Å²) in [5, 5.41) is 19.0. The Morgan fingerprint density at radius 3 is 1.07 bits per heavy atom. The van der Waals surface area contributed by atoms with Crippen LogP contribution in [-0.2, 0) is 6.42 Å². The predicted octanol–water partition coefficient (Wildman–Crippen LogP) is 12.5. The van der Waals surface area contributed by atoms with Crippen LogP contribution in [0.2, 0.25) is 0 Å². The summed E-state index contributed by atoms with van der Waals surface area (Å²) in [6, 6.07) is 59.6. The Labute approximate surface area is 328 Å². The minimum absolute atomic E-state index is 0.103. The van der Waals surface area contributed by atoms with Crippen molar-refractivity contribution in [2.24, 2.45) is 0 Å². The van der Waals surface area contributed by atoms with Crippen molar-refractivity contribution in [3.63, 3.8) is 0 Å². The van der Waals surface area contributed by atoms with E-state index in [1.807, 2.05) is 91.0 Å². The lowest BCUT2D eigenvalue weighted by atomic mass is 9.96. The number of Topliss-reactive ketones (excluding diaryl/α,β-unsaturated/α-hetero) is 1. The predicted molar refractivity (Wildman–Crippen MR) is 235 cm³/mol. The first-order valence-electron chi connectivity index (χ1n) is 19.0. The Hall–Kier alpha value is -7.63. The van der Waals surface area contributed by atoms with Gasteiger partial charge in [0.25, 0.3) is 11.8 Å². The minimum Gasteiger partial charge on any atom is -0.322 e. The van der Waals surface area contributed by atoms with E-state index in [2.05, 4.69) is 83.4 Å². The van der Waals surface area contributed by atoms with Gasteiger partial charge in [-0.2, -0.15) is 0 Å². The minimum atomic E-state index is -0.422. The fraction of sp³-hybridized carbons (Fsp3) is 0.0192. The van der Waals surface area contributed by atoms with Gasteiger partial charge in [0, 0.05) is 34.5 Å². The first-order chi connectivity index (χ1) is 27.9. The first kappa shape index (κ1) is 33.9. The Morgan fingerprint density at radius 1 is 0.316 bits per heavy atom. The molecule has 0 radical (unpaired) electrons. The van der Waals surface area contributed by atoms with Gasteiger partial charge in [-0.15, -0.1) is 0 Å². The van der Waals surface area contributed by atoms with Gasteiger partial charge in [-0.05, 0) is 149 Å².